The molecule has 2 aromatic rings. The number of hydrogen-bond donors (Lipinski definition) is 0. The first kappa shape index (κ1) is 20.3. The fourth-order valence-corrected chi connectivity index (χ4v) is 3.51. The number of aromatic nitrogens is 2. The molecule has 0 spiro atoms. The fraction of sp³-hybridized carbons (Fsp3) is 0.450. The molecule has 8 heteroatoms. The molecule has 2 heterocycles. The minimum atomic E-state index is -4.42. The van der Waals surface area contributed by atoms with Crippen LogP contribution in [0.4, 0.5) is 13.2 Å². The molecule has 1 aliphatic heterocycles. The molecule has 0 radical (unpaired) electrons. The number of alkyl halides is 3. The van der Waals surface area contributed by atoms with Crippen LogP contribution in [0.3, 0.4) is 0 Å². The molecule has 28 heavy (non-hydrogen) atoms. The molecule has 1 saturated heterocycles. The average Bonchev–Trinajstić information content (AvgIpc) is 2.67. The van der Waals surface area contributed by atoms with E-state index in [2.05, 4.69) is 9.97 Å². The maximum absolute atomic E-state index is 13.1. The van der Waals surface area contributed by atoms with E-state index in [1.807, 2.05) is 19.0 Å². The van der Waals surface area contributed by atoms with Gasteiger partial charge in [-0.05, 0) is 39.1 Å². The third kappa shape index (κ3) is 4.67. The van der Waals surface area contributed by atoms with Gasteiger partial charge in [0.05, 0.1) is 23.5 Å². The van der Waals surface area contributed by atoms with Crippen molar-refractivity contribution in [3.63, 3.8) is 0 Å². The Bertz CT molecular complexity index is 838. The van der Waals surface area contributed by atoms with Crippen molar-refractivity contribution in [3.05, 3.63) is 47.9 Å². The molecular formula is C20H23F3N4O. The number of piperidine rings is 1. The highest BCUT2D eigenvalue weighted by Crippen LogP contribution is 2.35. The SMILES string of the molecule is CN(C)CC(=O)N1CCCC(c2nccnc2-c2cccc(C(F)(F)F)c2)C1. The molecule has 1 fully saturated rings. The van der Waals surface area contributed by atoms with Crippen LogP contribution >= 0.6 is 0 Å². The Balaban J connectivity index is 1.89. The zero-order valence-corrected chi connectivity index (χ0v) is 15.9. The second kappa shape index (κ2) is 8.26. The van der Waals surface area contributed by atoms with Crippen LogP contribution in [0.5, 0.6) is 0 Å². The van der Waals surface area contributed by atoms with Crippen LogP contribution in [0.25, 0.3) is 11.3 Å². The number of rotatable bonds is 4. The smallest absolute Gasteiger partial charge is 0.341 e. The van der Waals surface area contributed by atoms with Crippen molar-refractivity contribution in [2.45, 2.75) is 24.9 Å². The van der Waals surface area contributed by atoms with Gasteiger partial charge in [0.2, 0.25) is 5.91 Å². The highest BCUT2D eigenvalue weighted by Gasteiger charge is 2.32. The van der Waals surface area contributed by atoms with Gasteiger partial charge in [0, 0.05) is 37.0 Å². The Labute approximate surface area is 162 Å². The summed E-state index contributed by atoms with van der Waals surface area (Å²) >= 11 is 0. The van der Waals surface area contributed by atoms with Gasteiger partial charge in [-0.15, -0.1) is 0 Å². The van der Waals surface area contributed by atoms with Crippen molar-refractivity contribution < 1.29 is 18.0 Å². The quantitative estimate of drug-likeness (QED) is 0.800. The molecule has 0 bridgehead atoms. The first-order valence-electron chi connectivity index (χ1n) is 9.16. The topological polar surface area (TPSA) is 49.3 Å². The van der Waals surface area contributed by atoms with E-state index in [4.69, 9.17) is 0 Å². The highest BCUT2D eigenvalue weighted by atomic mass is 19.4. The molecule has 1 aromatic carbocycles. The van der Waals surface area contributed by atoms with Crippen LogP contribution in [0, 0.1) is 0 Å². The van der Waals surface area contributed by atoms with Gasteiger partial charge in [-0.2, -0.15) is 13.2 Å². The lowest BCUT2D eigenvalue weighted by Gasteiger charge is -2.33. The van der Waals surface area contributed by atoms with Crippen molar-refractivity contribution in [1.29, 1.82) is 0 Å². The first-order chi connectivity index (χ1) is 13.3. The lowest BCUT2D eigenvalue weighted by molar-refractivity contribution is -0.137. The monoisotopic (exact) mass is 392 g/mol. The van der Waals surface area contributed by atoms with Crippen LogP contribution in [-0.4, -0.2) is 59.4 Å². The summed E-state index contributed by atoms with van der Waals surface area (Å²) in [7, 11) is 3.68. The minimum absolute atomic E-state index is 0.0409. The summed E-state index contributed by atoms with van der Waals surface area (Å²) < 4.78 is 39.3. The Kier molecular flexibility index (Phi) is 5.98. The molecule has 1 amide bonds. The lowest BCUT2D eigenvalue weighted by Crippen LogP contribution is -2.43. The number of benzene rings is 1. The molecule has 0 aliphatic carbocycles. The molecule has 0 N–H and O–H groups in total. The summed E-state index contributed by atoms with van der Waals surface area (Å²) in [5.41, 5.74) is 0.757. The van der Waals surface area contributed by atoms with Crippen molar-refractivity contribution in [2.24, 2.45) is 0 Å². The standard InChI is InChI=1S/C20H23F3N4O/c1-26(2)13-17(28)27-10-4-6-15(12-27)19-18(24-8-9-25-19)14-5-3-7-16(11-14)20(21,22)23/h3,5,7-9,11,15H,4,6,10,12-13H2,1-2H3. The molecule has 1 aliphatic rings. The maximum Gasteiger partial charge on any atom is 0.416 e. The second-order valence-electron chi connectivity index (χ2n) is 7.29. The maximum atomic E-state index is 13.1. The van der Waals surface area contributed by atoms with Gasteiger partial charge in [0.1, 0.15) is 0 Å². The van der Waals surface area contributed by atoms with Gasteiger partial charge >= 0.3 is 6.18 Å². The molecule has 150 valence electrons. The van der Waals surface area contributed by atoms with E-state index in [0.717, 1.165) is 25.0 Å². The first-order valence-corrected chi connectivity index (χ1v) is 9.16. The zero-order valence-electron chi connectivity index (χ0n) is 15.9. The lowest BCUT2D eigenvalue weighted by atomic mass is 9.91. The molecule has 1 atom stereocenters. The summed E-state index contributed by atoms with van der Waals surface area (Å²) in [6.45, 7) is 1.51. The zero-order chi connectivity index (χ0) is 20.3. The van der Waals surface area contributed by atoms with E-state index in [1.54, 1.807) is 17.2 Å². The number of nitrogens with zero attached hydrogens (tertiary/aromatic N) is 4. The Morgan fingerprint density at radius 2 is 2.00 bits per heavy atom. The minimum Gasteiger partial charge on any atom is -0.341 e. The summed E-state index contributed by atoms with van der Waals surface area (Å²) in [6, 6.07) is 5.14. The summed E-state index contributed by atoms with van der Waals surface area (Å²) in [5, 5.41) is 0. The number of carbonyl (C=O) groups is 1. The van der Waals surface area contributed by atoms with Crippen molar-refractivity contribution in [2.75, 3.05) is 33.7 Å². The molecule has 0 saturated carbocycles. The molecule has 5 nitrogen and oxygen atoms in total. The van der Waals surface area contributed by atoms with Crippen LogP contribution in [0.15, 0.2) is 36.7 Å². The van der Waals surface area contributed by atoms with E-state index in [0.29, 0.717) is 36.6 Å². The molecular weight excluding hydrogens is 369 g/mol. The Morgan fingerprint density at radius 1 is 1.25 bits per heavy atom. The van der Waals surface area contributed by atoms with Crippen molar-refractivity contribution in [3.8, 4) is 11.3 Å². The van der Waals surface area contributed by atoms with Gasteiger partial charge < -0.3 is 9.80 Å². The molecule has 1 aromatic heterocycles. The third-order valence-electron chi connectivity index (χ3n) is 4.80. The van der Waals surface area contributed by atoms with E-state index in [1.165, 1.54) is 12.3 Å². The van der Waals surface area contributed by atoms with Gasteiger partial charge in [-0.1, -0.05) is 12.1 Å². The number of likely N-dealkylation sites (N-methyl/N-ethyl adjacent to an activating group) is 1. The Morgan fingerprint density at radius 3 is 2.71 bits per heavy atom. The highest BCUT2D eigenvalue weighted by molar-refractivity contribution is 5.78. The van der Waals surface area contributed by atoms with Gasteiger partial charge in [0.15, 0.2) is 0 Å². The second-order valence-corrected chi connectivity index (χ2v) is 7.29. The predicted octanol–water partition coefficient (Wildman–Crippen LogP) is 3.43. The number of halogens is 3. The fourth-order valence-electron chi connectivity index (χ4n) is 3.51. The number of carbonyl (C=O) groups excluding carboxylic acids is 1. The van der Waals surface area contributed by atoms with E-state index in [9.17, 15) is 18.0 Å². The van der Waals surface area contributed by atoms with Crippen molar-refractivity contribution >= 4 is 5.91 Å². The summed E-state index contributed by atoms with van der Waals surface area (Å²) in [5.74, 6) is -0.0164. The number of amides is 1. The van der Waals surface area contributed by atoms with E-state index in [-0.39, 0.29) is 11.8 Å². The van der Waals surface area contributed by atoms with Crippen LogP contribution in [0.2, 0.25) is 0 Å². The third-order valence-corrected chi connectivity index (χ3v) is 4.80. The number of likely N-dealkylation sites (tertiary alicyclic amines) is 1. The van der Waals surface area contributed by atoms with E-state index >= 15 is 0 Å². The summed E-state index contributed by atoms with van der Waals surface area (Å²) in [4.78, 5) is 24.8. The van der Waals surface area contributed by atoms with E-state index < -0.39 is 11.7 Å². The van der Waals surface area contributed by atoms with Crippen LogP contribution in [-0.2, 0) is 11.0 Å². The van der Waals surface area contributed by atoms with Crippen molar-refractivity contribution in [1.82, 2.24) is 19.8 Å². The largest absolute Gasteiger partial charge is 0.416 e. The van der Waals surface area contributed by atoms with Gasteiger partial charge in [0.25, 0.3) is 0 Å². The normalized spacial score (nSPS) is 17.8. The summed E-state index contributed by atoms with van der Waals surface area (Å²) in [6.07, 6.45) is 0.251. The van der Waals surface area contributed by atoms with Gasteiger partial charge in [-0.25, -0.2) is 0 Å². The van der Waals surface area contributed by atoms with Crippen LogP contribution < -0.4 is 0 Å². The Hall–Kier alpha value is -2.48. The molecule has 3 rings (SSSR count). The average molecular weight is 392 g/mol. The molecule has 1 unspecified atom stereocenters. The predicted molar refractivity (Wildman–Crippen MR) is 99.6 cm³/mol. The van der Waals surface area contributed by atoms with Crippen LogP contribution in [0.1, 0.15) is 30.0 Å². The van der Waals surface area contributed by atoms with Gasteiger partial charge in [-0.3, -0.25) is 14.8 Å². The number of hydrogen-bond acceptors (Lipinski definition) is 4.